The molecule has 2 N–H and O–H groups in total. The molecular weight excluding hydrogens is 807 g/mol. The van der Waals surface area contributed by atoms with E-state index in [0.717, 1.165) is 67.8 Å². The first-order valence-electron chi connectivity index (χ1n) is 19.2. The van der Waals surface area contributed by atoms with Gasteiger partial charge < -0.3 is 15.0 Å². The number of hydrogen-bond acceptors (Lipinski definition) is 9. The Kier molecular flexibility index (Phi) is 11.8. The maximum absolute atomic E-state index is 13.8. The Balaban J connectivity index is 1.12. The van der Waals surface area contributed by atoms with E-state index in [0.29, 0.717) is 36.3 Å². The van der Waals surface area contributed by atoms with Crippen LogP contribution < -0.4 is 19.7 Å². The molecule has 7 rings (SSSR count). The molecule has 11 nitrogen and oxygen atoms in total. The lowest BCUT2D eigenvalue weighted by Crippen LogP contribution is -2.47. The second-order valence-electron chi connectivity index (χ2n) is 15.8. The molecule has 0 saturated carbocycles. The van der Waals surface area contributed by atoms with Gasteiger partial charge >= 0.3 is 6.18 Å². The third-order valence-electron chi connectivity index (χ3n) is 10.9. The zero-order chi connectivity index (χ0) is 42.1. The Bertz CT molecular complexity index is 2450. The van der Waals surface area contributed by atoms with Gasteiger partial charge in [0.1, 0.15) is 23.7 Å². The highest BCUT2D eigenvalue weighted by molar-refractivity contribution is 7.90. The highest BCUT2D eigenvalue weighted by Gasteiger charge is 2.32. The van der Waals surface area contributed by atoms with Crippen LogP contribution in [0.3, 0.4) is 0 Å². The Morgan fingerprint density at radius 2 is 1.73 bits per heavy atom. The molecule has 0 unspecified atom stereocenters. The number of alkyl halides is 3. The normalized spacial score (nSPS) is 16.8. The molecule has 1 saturated heterocycles. The van der Waals surface area contributed by atoms with E-state index in [2.05, 4.69) is 35.8 Å². The summed E-state index contributed by atoms with van der Waals surface area (Å²) in [4.78, 5) is 28.4. The molecule has 2 aliphatic carbocycles. The first-order valence-corrected chi connectivity index (χ1v) is 21.0. The molecule has 1 heterocycles. The molecule has 3 aliphatic rings. The lowest BCUT2D eigenvalue weighted by molar-refractivity contribution is -0.384. The van der Waals surface area contributed by atoms with Gasteiger partial charge in [0, 0.05) is 61.1 Å². The van der Waals surface area contributed by atoms with Gasteiger partial charge in [-0.05, 0) is 90.3 Å². The SMILES string of the molecule is CC1(C)CCC(CN2CCN(c3ccc(C(=O)NS(=O)(=O)c4ccc(NCC(F)(F)F)c([N+](=O)[O-])c4)c(Oc4cccc5c4C=CC5)c3)CC2)=C(c2ccc(Cl)cc2)C1. The van der Waals surface area contributed by atoms with Crippen LogP contribution in [0.5, 0.6) is 11.5 Å². The maximum atomic E-state index is 13.8. The monoisotopic (exact) mass is 849 g/mol. The zero-order valence-electron chi connectivity index (χ0n) is 32.4. The van der Waals surface area contributed by atoms with E-state index in [1.165, 1.54) is 22.8 Å². The fraction of sp³-hybridized carbons (Fsp3) is 0.326. The molecule has 59 heavy (non-hydrogen) atoms. The number of carbonyl (C=O) groups is 1. The number of halogens is 4. The Labute approximate surface area is 345 Å². The number of rotatable bonds is 12. The number of hydrogen-bond donors (Lipinski definition) is 2. The number of allylic oxidation sites excluding steroid dienone is 2. The molecular formula is C43H43ClF3N5O6S. The fourth-order valence-corrected chi connectivity index (χ4v) is 8.87. The van der Waals surface area contributed by atoms with Crippen molar-refractivity contribution in [1.29, 1.82) is 0 Å². The lowest BCUT2D eigenvalue weighted by atomic mass is 9.72. The van der Waals surface area contributed by atoms with Crippen LogP contribution in [0.1, 0.15) is 60.2 Å². The third-order valence-corrected chi connectivity index (χ3v) is 12.5. The molecule has 0 radical (unpaired) electrons. The van der Waals surface area contributed by atoms with Gasteiger partial charge in [-0.25, -0.2) is 13.1 Å². The molecule has 16 heteroatoms. The molecule has 0 bridgehead atoms. The number of carbonyl (C=O) groups excluding carboxylic acids is 1. The van der Waals surface area contributed by atoms with Gasteiger partial charge in [0.2, 0.25) is 0 Å². The standard InChI is InChI=1S/C43H43ClF3N5O6S/c1-42(2)18-17-30(36(25-42)29-9-11-31(44)12-10-29)26-50-19-21-51(22-20-50)32-13-15-35(40(23-32)58-39-8-4-6-28-5-3-7-34(28)39)41(53)49-59(56,57)33-14-16-37(38(24-33)52(54)55)48-27-43(45,46)47/h3-4,6-16,23-24,48H,5,17-22,25-27H2,1-2H3,(H,49,53). The largest absolute Gasteiger partial charge is 0.456 e. The van der Waals surface area contributed by atoms with Crippen LogP contribution in [0, 0.1) is 15.5 Å². The van der Waals surface area contributed by atoms with Crippen molar-refractivity contribution in [2.45, 2.75) is 50.6 Å². The Morgan fingerprint density at radius 1 is 0.983 bits per heavy atom. The van der Waals surface area contributed by atoms with Crippen molar-refractivity contribution in [1.82, 2.24) is 9.62 Å². The number of piperazine rings is 1. The van der Waals surface area contributed by atoms with Gasteiger partial charge in [0.25, 0.3) is 21.6 Å². The van der Waals surface area contributed by atoms with Gasteiger partial charge in [-0.15, -0.1) is 0 Å². The summed E-state index contributed by atoms with van der Waals surface area (Å²) in [6.07, 6.45) is 3.04. The molecule has 1 aliphatic heterocycles. The van der Waals surface area contributed by atoms with Crippen molar-refractivity contribution in [2.75, 3.05) is 49.5 Å². The molecule has 1 amide bonds. The molecule has 0 atom stereocenters. The summed E-state index contributed by atoms with van der Waals surface area (Å²) in [5.41, 5.74) is 5.28. The second kappa shape index (κ2) is 16.7. The van der Waals surface area contributed by atoms with Gasteiger partial charge in [-0.1, -0.05) is 67.4 Å². The number of nitrogens with one attached hydrogen (secondary N) is 2. The lowest BCUT2D eigenvalue weighted by Gasteiger charge is -2.39. The predicted molar refractivity (Wildman–Crippen MR) is 223 cm³/mol. The summed E-state index contributed by atoms with van der Waals surface area (Å²) in [5.74, 6) is -0.512. The highest BCUT2D eigenvalue weighted by Crippen LogP contribution is 2.44. The summed E-state index contributed by atoms with van der Waals surface area (Å²) in [6, 6.07) is 20.8. The van der Waals surface area contributed by atoms with Gasteiger partial charge in [-0.2, -0.15) is 13.2 Å². The van der Waals surface area contributed by atoms with Crippen LogP contribution in [0.25, 0.3) is 11.6 Å². The number of nitro benzene ring substituents is 1. The van der Waals surface area contributed by atoms with Crippen LogP contribution in [0.2, 0.25) is 5.02 Å². The maximum Gasteiger partial charge on any atom is 0.405 e. The van der Waals surface area contributed by atoms with Gasteiger partial charge in [-0.3, -0.25) is 19.8 Å². The minimum Gasteiger partial charge on any atom is -0.456 e. The van der Waals surface area contributed by atoms with Crippen molar-refractivity contribution >= 4 is 56.2 Å². The third kappa shape index (κ3) is 9.91. The summed E-state index contributed by atoms with van der Waals surface area (Å²) >= 11 is 6.21. The van der Waals surface area contributed by atoms with E-state index >= 15 is 0 Å². The highest BCUT2D eigenvalue weighted by atomic mass is 35.5. The summed E-state index contributed by atoms with van der Waals surface area (Å²) in [6.45, 7) is 6.83. The zero-order valence-corrected chi connectivity index (χ0v) is 34.0. The average molecular weight is 850 g/mol. The molecule has 4 aromatic rings. The van der Waals surface area contributed by atoms with Crippen LogP contribution in [-0.4, -0.2) is 69.6 Å². The minimum atomic E-state index is -4.75. The van der Waals surface area contributed by atoms with Crippen molar-refractivity contribution < 1.29 is 36.0 Å². The first-order chi connectivity index (χ1) is 27.9. The molecule has 4 aromatic carbocycles. The van der Waals surface area contributed by atoms with Crippen molar-refractivity contribution in [3.63, 3.8) is 0 Å². The van der Waals surface area contributed by atoms with Gasteiger partial charge in [0.05, 0.1) is 15.4 Å². The van der Waals surface area contributed by atoms with Gasteiger partial charge in [0.15, 0.2) is 0 Å². The number of fused-ring (bicyclic) bond motifs is 1. The van der Waals surface area contributed by atoms with E-state index in [1.807, 2.05) is 46.5 Å². The Hall–Kier alpha value is -5.38. The van der Waals surface area contributed by atoms with E-state index < -0.39 is 49.8 Å². The Morgan fingerprint density at radius 3 is 2.44 bits per heavy atom. The molecule has 310 valence electrons. The first kappa shape index (κ1) is 41.8. The average Bonchev–Trinajstić information content (AvgIpc) is 3.68. The van der Waals surface area contributed by atoms with Crippen LogP contribution in [-0.2, 0) is 16.4 Å². The number of amides is 1. The predicted octanol–water partition coefficient (Wildman–Crippen LogP) is 9.49. The molecule has 1 fully saturated rings. The number of anilines is 2. The van der Waals surface area contributed by atoms with Crippen LogP contribution in [0.15, 0.2) is 95.4 Å². The number of nitro groups is 1. The minimum absolute atomic E-state index is 0.0894. The number of benzene rings is 4. The van der Waals surface area contributed by atoms with E-state index in [9.17, 15) is 36.5 Å². The smallest absolute Gasteiger partial charge is 0.405 e. The number of sulfonamides is 1. The topological polar surface area (TPSA) is 134 Å². The quantitative estimate of drug-likeness (QED) is 0.106. The molecule has 0 aromatic heterocycles. The van der Waals surface area contributed by atoms with Crippen molar-refractivity contribution in [3.05, 3.63) is 128 Å². The summed E-state index contributed by atoms with van der Waals surface area (Å²) < 4.78 is 73.7. The summed E-state index contributed by atoms with van der Waals surface area (Å²) in [7, 11) is -4.75. The van der Waals surface area contributed by atoms with Crippen LogP contribution >= 0.6 is 11.6 Å². The second-order valence-corrected chi connectivity index (χ2v) is 17.9. The van der Waals surface area contributed by atoms with Crippen molar-refractivity contribution in [3.8, 4) is 11.5 Å². The van der Waals surface area contributed by atoms with E-state index in [-0.39, 0.29) is 16.7 Å². The van der Waals surface area contributed by atoms with E-state index in [4.69, 9.17) is 16.3 Å². The van der Waals surface area contributed by atoms with Crippen LogP contribution in [0.4, 0.5) is 30.2 Å². The number of ether oxygens (including phenoxy) is 1. The van der Waals surface area contributed by atoms with Crippen molar-refractivity contribution in [2.24, 2.45) is 5.41 Å². The molecule has 0 spiro atoms. The fourth-order valence-electron chi connectivity index (χ4n) is 7.76. The summed E-state index contributed by atoms with van der Waals surface area (Å²) in [5, 5.41) is 14.3. The number of nitrogens with zero attached hydrogens (tertiary/aromatic N) is 3. The van der Waals surface area contributed by atoms with E-state index in [1.54, 1.807) is 18.2 Å².